The smallest absolute Gasteiger partial charge is 0.253 e. The number of carbonyl (C=O) groups is 1. The van der Waals surface area contributed by atoms with E-state index in [2.05, 4.69) is 18.6 Å². The Morgan fingerprint density at radius 2 is 1.85 bits per heavy atom. The molecule has 0 atom stereocenters. The summed E-state index contributed by atoms with van der Waals surface area (Å²) in [4.78, 5) is 14.9. The van der Waals surface area contributed by atoms with Crippen molar-refractivity contribution in [2.75, 3.05) is 13.1 Å². The quantitative estimate of drug-likeness (QED) is 0.708. The monoisotopic (exact) mass is 380 g/mol. The molecule has 6 heteroatoms. The third-order valence-electron chi connectivity index (χ3n) is 5.37. The van der Waals surface area contributed by atoms with Crippen LogP contribution >= 0.6 is 0 Å². The first kappa shape index (κ1) is 20.9. The molecule has 0 radical (unpaired) electrons. The first-order chi connectivity index (χ1) is 12.4. The second kappa shape index (κ2) is 9.51. The summed E-state index contributed by atoms with van der Waals surface area (Å²) in [5.74, 6) is 0.368. The van der Waals surface area contributed by atoms with Crippen LogP contribution < -0.4 is 4.72 Å². The van der Waals surface area contributed by atoms with Gasteiger partial charge in [-0.25, -0.2) is 13.1 Å². The van der Waals surface area contributed by atoms with Gasteiger partial charge >= 0.3 is 0 Å². The van der Waals surface area contributed by atoms with Crippen LogP contribution in [0.25, 0.3) is 0 Å². The van der Waals surface area contributed by atoms with E-state index in [1.165, 1.54) is 6.07 Å². The SMILES string of the molecule is CCC(CC)CN(CC)C(=O)c1cccc(S(=O)(=O)NC2CCCC2)c1. The van der Waals surface area contributed by atoms with E-state index in [0.29, 0.717) is 24.6 Å². The van der Waals surface area contributed by atoms with E-state index < -0.39 is 10.0 Å². The number of sulfonamides is 1. The molecule has 146 valence electrons. The van der Waals surface area contributed by atoms with Crippen LogP contribution in [0.5, 0.6) is 0 Å². The lowest BCUT2D eigenvalue weighted by atomic mass is 10.0. The van der Waals surface area contributed by atoms with E-state index in [4.69, 9.17) is 0 Å². The Morgan fingerprint density at radius 1 is 1.19 bits per heavy atom. The molecule has 1 aliphatic rings. The number of benzene rings is 1. The average molecular weight is 381 g/mol. The normalized spacial score (nSPS) is 15.5. The van der Waals surface area contributed by atoms with Crippen molar-refractivity contribution >= 4 is 15.9 Å². The number of hydrogen-bond acceptors (Lipinski definition) is 3. The molecule has 0 bridgehead atoms. The largest absolute Gasteiger partial charge is 0.339 e. The molecule has 0 aromatic heterocycles. The van der Waals surface area contributed by atoms with E-state index in [1.54, 1.807) is 18.2 Å². The molecule has 1 N–H and O–H groups in total. The summed E-state index contributed by atoms with van der Waals surface area (Å²) in [6.45, 7) is 7.55. The first-order valence-corrected chi connectivity index (χ1v) is 11.3. The zero-order chi connectivity index (χ0) is 19.2. The topological polar surface area (TPSA) is 66.5 Å². The van der Waals surface area contributed by atoms with Gasteiger partial charge in [-0.05, 0) is 43.9 Å². The van der Waals surface area contributed by atoms with E-state index in [0.717, 1.165) is 38.5 Å². The van der Waals surface area contributed by atoms with Gasteiger partial charge in [0, 0.05) is 24.7 Å². The van der Waals surface area contributed by atoms with Gasteiger partial charge in [0.1, 0.15) is 0 Å². The van der Waals surface area contributed by atoms with Crippen LogP contribution in [0.2, 0.25) is 0 Å². The molecule has 1 saturated carbocycles. The van der Waals surface area contributed by atoms with Crippen molar-refractivity contribution in [3.63, 3.8) is 0 Å². The van der Waals surface area contributed by atoms with Crippen LogP contribution in [0.15, 0.2) is 29.2 Å². The van der Waals surface area contributed by atoms with Gasteiger partial charge in [0.15, 0.2) is 0 Å². The minimum absolute atomic E-state index is 0.0152. The fourth-order valence-corrected chi connectivity index (χ4v) is 4.87. The van der Waals surface area contributed by atoms with Crippen molar-refractivity contribution in [3.05, 3.63) is 29.8 Å². The molecule has 5 nitrogen and oxygen atoms in total. The lowest BCUT2D eigenvalue weighted by molar-refractivity contribution is 0.0734. The molecular formula is C20H32N2O3S. The number of rotatable bonds is 9. The second-order valence-electron chi connectivity index (χ2n) is 7.16. The number of nitrogens with one attached hydrogen (secondary N) is 1. The molecule has 1 aromatic carbocycles. The minimum atomic E-state index is -3.59. The Bertz CT molecular complexity index is 693. The Kier molecular flexibility index (Phi) is 7.65. The van der Waals surface area contributed by atoms with Crippen molar-refractivity contribution in [1.29, 1.82) is 0 Å². The Labute approximate surface area is 158 Å². The van der Waals surface area contributed by atoms with Crippen molar-refractivity contribution in [3.8, 4) is 0 Å². The molecule has 1 aliphatic carbocycles. The molecule has 0 saturated heterocycles. The summed E-state index contributed by atoms with van der Waals surface area (Å²) < 4.78 is 28.1. The lowest BCUT2D eigenvalue weighted by Gasteiger charge is -2.25. The zero-order valence-electron chi connectivity index (χ0n) is 16.2. The lowest BCUT2D eigenvalue weighted by Crippen LogP contribution is -2.35. The maximum Gasteiger partial charge on any atom is 0.253 e. The van der Waals surface area contributed by atoms with Crippen LogP contribution in [0.1, 0.15) is 69.7 Å². The molecule has 1 aromatic rings. The highest BCUT2D eigenvalue weighted by Gasteiger charge is 2.24. The number of carbonyl (C=O) groups excluding carboxylic acids is 1. The van der Waals surface area contributed by atoms with Gasteiger partial charge in [-0.1, -0.05) is 45.6 Å². The van der Waals surface area contributed by atoms with Gasteiger partial charge in [0.05, 0.1) is 4.90 Å². The molecule has 1 amide bonds. The molecule has 0 spiro atoms. The number of hydrogen-bond donors (Lipinski definition) is 1. The van der Waals surface area contributed by atoms with Gasteiger partial charge < -0.3 is 4.90 Å². The van der Waals surface area contributed by atoms with E-state index in [9.17, 15) is 13.2 Å². The van der Waals surface area contributed by atoms with Crippen molar-refractivity contribution in [2.45, 2.75) is 70.2 Å². The summed E-state index contributed by atoms with van der Waals surface area (Å²) in [5, 5.41) is 0. The maximum absolute atomic E-state index is 12.9. The Morgan fingerprint density at radius 3 is 2.42 bits per heavy atom. The Balaban J connectivity index is 2.17. The van der Waals surface area contributed by atoms with Gasteiger partial charge in [-0.15, -0.1) is 0 Å². The highest BCUT2D eigenvalue weighted by molar-refractivity contribution is 7.89. The van der Waals surface area contributed by atoms with E-state index in [1.807, 2.05) is 11.8 Å². The molecule has 0 unspecified atom stereocenters. The fraction of sp³-hybridized carbons (Fsp3) is 0.650. The van der Waals surface area contributed by atoms with Gasteiger partial charge in [-0.3, -0.25) is 4.79 Å². The Hall–Kier alpha value is -1.40. The van der Waals surface area contributed by atoms with Gasteiger partial charge in [0.2, 0.25) is 10.0 Å². The van der Waals surface area contributed by atoms with Crippen LogP contribution in [0.4, 0.5) is 0 Å². The van der Waals surface area contributed by atoms with Crippen LogP contribution in [0, 0.1) is 5.92 Å². The third-order valence-corrected chi connectivity index (χ3v) is 6.89. The van der Waals surface area contributed by atoms with Crippen LogP contribution in [-0.4, -0.2) is 38.4 Å². The number of amides is 1. The standard InChI is InChI=1S/C20H32N2O3S/c1-4-16(5-2)15-22(6-3)20(23)17-10-9-13-19(14-17)26(24,25)21-18-11-7-8-12-18/h9-10,13-14,16,18,21H,4-8,11-12,15H2,1-3H3. The zero-order valence-corrected chi connectivity index (χ0v) is 17.0. The molecule has 26 heavy (non-hydrogen) atoms. The highest BCUT2D eigenvalue weighted by Crippen LogP contribution is 2.21. The third kappa shape index (κ3) is 5.30. The molecule has 0 aliphatic heterocycles. The van der Waals surface area contributed by atoms with Gasteiger partial charge in [0.25, 0.3) is 5.91 Å². The first-order valence-electron chi connectivity index (χ1n) is 9.82. The average Bonchev–Trinajstić information content (AvgIpc) is 3.15. The van der Waals surface area contributed by atoms with E-state index in [-0.39, 0.29) is 16.8 Å². The van der Waals surface area contributed by atoms with Crippen molar-refractivity contribution < 1.29 is 13.2 Å². The second-order valence-corrected chi connectivity index (χ2v) is 8.87. The van der Waals surface area contributed by atoms with Gasteiger partial charge in [-0.2, -0.15) is 0 Å². The van der Waals surface area contributed by atoms with Crippen molar-refractivity contribution in [2.24, 2.45) is 5.92 Å². The predicted octanol–water partition coefficient (Wildman–Crippen LogP) is 3.81. The fourth-order valence-electron chi connectivity index (χ4n) is 3.52. The van der Waals surface area contributed by atoms with E-state index >= 15 is 0 Å². The minimum Gasteiger partial charge on any atom is -0.339 e. The number of nitrogens with zero attached hydrogens (tertiary/aromatic N) is 1. The summed E-state index contributed by atoms with van der Waals surface area (Å²) >= 11 is 0. The van der Waals surface area contributed by atoms with Crippen LogP contribution in [-0.2, 0) is 10.0 Å². The highest BCUT2D eigenvalue weighted by atomic mass is 32.2. The summed E-state index contributed by atoms with van der Waals surface area (Å²) in [7, 11) is -3.59. The summed E-state index contributed by atoms with van der Waals surface area (Å²) in [6.07, 6.45) is 5.95. The molecule has 1 fully saturated rings. The molecular weight excluding hydrogens is 348 g/mol. The predicted molar refractivity (Wildman–Crippen MR) is 105 cm³/mol. The summed E-state index contributed by atoms with van der Waals surface area (Å²) in [5.41, 5.74) is 0.437. The van der Waals surface area contributed by atoms with Crippen LogP contribution in [0.3, 0.4) is 0 Å². The van der Waals surface area contributed by atoms with Crippen molar-refractivity contribution in [1.82, 2.24) is 9.62 Å². The maximum atomic E-state index is 12.9. The molecule has 2 rings (SSSR count). The molecule has 0 heterocycles. The summed E-state index contributed by atoms with van der Waals surface area (Å²) in [6, 6.07) is 6.44.